The number of alkyl halides is 3. The second-order valence-electron chi connectivity index (χ2n) is 2.12. The summed E-state index contributed by atoms with van der Waals surface area (Å²) in [5.74, 6) is -1.25. The number of aromatic nitrogens is 2. The Morgan fingerprint density at radius 1 is 1.31 bits per heavy atom. The highest BCUT2D eigenvalue weighted by atomic mass is 19.4. The summed E-state index contributed by atoms with van der Waals surface area (Å²) in [7, 11) is 0. The first-order valence-electron chi connectivity index (χ1n) is 3.11. The highest BCUT2D eigenvalue weighted by molar-refractivity contribution is 5.91. The maximum atomic E-state index is 12.1. The van der Waals surface area contributed by atoms with Gasteiger partial charge < -0.3 is 5.73 Å². The predicted octanol–water partition coefficient (Wildman–Crippen LogP) is 0.594. The average molecular weight is 191 g/mol. The van der Waals surface area contributed by atoms with Crippen LogP contribution in [0.15, 0.2) is 12.4 Å². The minimum atomic E-state index is -4.71. The highest BCUT2D eigenvalue weighted by Gasteiger charge is 2.37. The molecule has 7 heteroatoms. The zero-order valence-electron chi connectivity index (χ0n) is 6.17. The fraction of sp³-hybridized carbons (Fsp3) is 0.167. The Morgan fingerprint density at radius 3 is 2.23 bits per heavy atom. The van der Waals surface area contributed by atoms with Gasteiger partial charge in [-0.05, 0) is 0 Å². The zero-order valence-corrected chi connectivity index (χ0v) is 6.17. The third-order valence-electron chi connectivity index (χ3n) is 1.20. The Hall–Kier alpha value is -1.66. The van der Waals surface area contributed by atoms with Crippen LogP contribution in [0.4, 0.5) is 13.2 Å². The summed E-state index contributed by atoms with van der Waals surface area (Å²) in [6.45, 7) is 0. The molecular weight excluding hydrogens is 187 g/mol. The first kappa shape index (κ1) is 9.43. The van der Waals surface area contributed by atoms with E-state index in [1.54, 1.807) is 0 Å². The van der Waals surface area contributed by atoms with Gasteiger partial charge in [0.2, 0.25) is 0 Å². The van der Waals surface area contributed by atoms with Crippen molar-refractivity contribution in [3.05, 3.63) is 23.8 Å². The quantitative estimate of drug-likeness (QED) is 0.706. The number of hydrogen-bond acceptors (Lipinski definition) is 3. The topological polar surface area (TPSA) is 68.9 Å². The fourth-order valence-electron chi connectivity index (χ4n) is 0.726. The smallest absolute Gasteiger partial charge is 0.364 e. The number of nitrogens with two attached hydrogens (primary N) is 1. The molecule has 1 amide bonds. The molecule has 1 aromatic heterocycles. The number of carbonyl (C=O) groups excluding carboxylic acids is 1. The van der Waals surface area contributed by atoms with E-state index in [9.17, 15) is 18.0 Å². The van der Waals surface area contributed by atoms with Crippen LogP contribution in [0.1, 0.15) is 16.2 Å². The third-order valence-corrected chi connectivity index (χ3v) is 1.20. The Kier molecular flexibility index (Phi) is 2.18. The van der Waals surface area contributed by atoms with Crippen LogP contribution in [0, 0.1) is 0 Å². The lowest BCUT2D eigenvalue weighted by molar-refractivity contribution is -0.141. The molecule has 1 heterocycles. The number of halogens is 3. The van der Waals surface area contributed by atoms with E-state index in [0.29, 0.717) is 0 Å². The van der Waals surface area contributed by atoms with Crippen molar-refractivity contribution < 1.29 is 18.0 Å². The van der Waals surface area contributed by atoms with Crippen molar-refractivity contribution >= 4 is 5.91 Å². The Labute approximate surface area is 70.6 Å². The van der Waals surface area contributed by atoms with Gasteiger partial charge in [0.05, 0.1) is 0 Å². The van der Waals surface area contributed by atoms with Gasteiger partial charge in [0.1, 0.15) is 0 Å². The number of rotatable bonds is 1. The van der Waals surface area contributed by atoms with Crippen molar-refractivity contribution in [1.29, 1.82) is 0 Å². The predicted molar refractivity (Wildman–Crippen MR) is 35.6 cm³/mol. The van der Waals surface area contributed by atoms with E-state index in [-0.39, 0.29) is 0 Å². The zero-order chi connectivity index (χ0) is 10.1. The molecule has 0 spiro atoms. The van der Waals surface area contributed by atoms with Crippen LogP contribution in [-0.4, -0.2) is 15.9 Å². The molecule has 0 aliphatic rings. The van der Waals surface area contributed by atoms with Gasteiger partial charge >= 0.3 is 6.18 Å². The summed E-state index contributed by atoms with van der Waals surface area (Å²) >= 11 is 0. The molecule has 0 aromatic carbocycles. The van der Waals surface area contributed by atoms with Crippen molar-refractivity contribution in [2.24, 2.45) is 5.73 Å². The Morgan fingerprint density at radius 2 is 1.85 bits per heavy atom. The lowest BCUT2D eigenvalue weighted by atomic mass is 10.3. The molecule has 0 fully saturated rings. The average Bonchev–Trinajstić information content (AvgIpc) is 2.03. The lowest BCUT2D eigenvalue weighted by Gasteiger charge is -2.06. The van der Waals surface area contributed by atoms with Crippen LogP contribution < -0.4 is 5.73 Å². The van der Waals surface area contributed by atoms with Gasteiger partial charge in [0, 0.05) is 12.4 Å². The van der Waals surface area contributed by atoms with E-state index < -0.39 is 23.5 Å². The van der Waals surface area contributed by atoms with Gasteiger partial charge in [0.15, 0.2) is 11.4 Å². The number of primary amides is 1. The summed E-state index contributed by atoms with van der Waals surface area (Å²) in [6, 6.07) is 0. The van der Waals surface area contributed by atoms with Gasteiger partial charge in [0.25, 0.3) is 5.91 Å². The number of nitrogens with zero attached hydrogens (tertiary/aromatic N) is 2. The van der Waals surface area contributed by atoms with E-state index >= 15 is 0 Å². The van der Waals surface area contributed by atoms with E-state index in [1.165, 1.54) is 0 Å². The van der Waals surface area contributed by atoms with Crippen molar-refractivity contribution in [2.75, 3.05) is 0 Å². The first-order chi connectivity index (χ1) is 5.93. The maximum Gasteiger partial charge on any atom is 0.435 e. The molecule has 0 unspecified atom stereocenters. The fourth-order valence-corrected chi connectivity index (χ4v) is 0.726. The summed E-state index contributed by atoms with van der Waals surface area (Å²) in [6.07, 6.45) is -2.90. The van der Waals surface area contributed by atoms with Gasteiger partial charge in [-0.3, -0.25) is 4.79 Å². The molecule has 4 nitrogen and oxygen atoms in total. The summed E-state index contributed by atoms with van der Waals surface area (Å²) in [4.78, 5) is 16.7. The maximum absolute atomic E-state index is 12.1. The van der Waals surface area contributed by atoms with E-state index in [2.05, 4.69) is 15.7 Å². The second-order valence-corrected chi connectivity index (χ2v) is 2.12. The minimum absolute atomic E-state index is 0.843. The largest absolute Gasteiger partial charge is 0.435 e. The van der Waals surface area contributed by atoms with Crippen LogP contribution in [-0.2, 0) is 6.18 Å². The van der Waals surface area contributed by atoms with E-state index in [0.717, 1.165) is 12.4 Å². The minimum Gasteiger partial charge on any atom is -0.364 e. The Balaban J connectivity index is 3.28. The molecule has 2 N–H and O–H groups in total. The lowest BCUT2D eigenvalue weighted by Crippen LogP contribution is -2.21. The van der Waals surface area contributed by atoms with Crippen LogP contribution in [0.5, 0.6) is 0 Å². The second kappa shape index (κ2) is 3.00. The molecule has 0 aliphatic heterocycles. The van der Waals surface area contributed by atoms with Gasteiger partial charge in [-0.2, -0.15) is 13.2 Å². The Bertz CT molecular complexity index is 336. The molecule has 0 radical (unpaired) electrons. The van der Waals surface area contributed by atoms with E-state index in [1.807, 2.05) is 0 Å². The molecule has 1 aromatic rings. The summed E-state index contributed by atoms with van der Waals surface area (Å²) in [5.41, 5.74) is 2.45. The van der Waals surface area contributed by atoms with Gasteiger partial charge in [-0.15, -0.1) is 0 Å². The molecular formula is C6H4F3N3O. The standard InChI is InChI=1S/C6H4F3N3O/c7-6(8,9)4-3(5(10)13)11-1-2-12-4/h1-2H,(H2,10,13). The molecule has 13 heavy (non-hydrogen) atoms. The SMILES string of the molecule is NC(=O)c1nccnc1C(F)(F)F. The third kappa shape index (κ3) is 1.92. The van der Waals surface area contributed by atoms with Crippen molar-refractivity contribution in [3.8, 4) is 0 Å². The van der Waals surface area contributed by atoms with Gasteiger partial charge in [-0.1, -0.05) is 0 Å². The van der Waals surface area contributed by atoms with Crippen molar-refractivity contribution in [2.45, 2.75) is 6.18 Å². The molecule has 0 aliphatic carbocycles. The van der Waals surface area contributed by atoms with Crippen LogP contribution in [0.25, 0.3) is 0 Å². The molecule has 0 saturated heterocycles. The number of amides is 1. The highest BCUT2D eigenvalue weighted by Crippen LogP contribution is 2.28. The van der Waals surface area contributed by atoms with Crippen LogP contribution >= 0.6 is 0 Å². The molecule has 0 bridgehead atoms. The van der Waals surface area contributed by atoms with Crippen molar-refractivity contribution in [3.63, 3.8) is 0 Å². The molecule has 70 valence electrons. The van der Waals surface area contributed by atoms with Crippen LogP contribution in [0.3, 0.4) is 0 Å². The van der Waals surface area contributed by atoms with E-state index in [4.69, 9.17) is 0 Å². The summed E-state index contributed by atoms with van der Waals surface area (Å²) in [5, 5.41) is 0. The molecule has 1 rings (SSSR count). The van der Waals surface area contributed by atoms with Crippen molar-refractivity contribution in [1.82, 2.24) is 9.97 Å². The first-order valence-corrected chi connectivity index (χ1v) is 3.11. The van der Waals surface area contributed by atoms with Crippen LogP contribution in [0.2, 0.25) is 0 Å². The monoisotopic (exact) mass is 191 g/mol. The number of hydrogen-bond donors (Lipinski definition) is 1. The number of carbonyl (C=O) groups is 1. The summed E-state index contributed by atoms with van der Waals surface area (Å²) < 4.78 is 36.3. The van der Waals surface area contributed by atoms with Gasteiger partial charge in [-0.25, -0.2) is 9.97 Å². The molecule has 0 atom stereocenters. The normalized spacial score (nSPS) is 11.3. The molecule has 0 saturated carbocycles.